The smallest absolute Gasteiger partial charge is 0.344 e. The van der Waals surface area contributed by atoms with E-state index in [1.54, 1.807) is 19.2 Å². The maximum Gasteiger partial charge on any atom is 0.344 e. The fraction of sp³-hybridized carbons (Fsp3) is 0.538. The van der Waals surface area contributed by atoms with E-state index >= 15 is 0 Å². The maximum absolute atomic E-state index is 11.1. The summed E-state index contributed by atoms with van der Waals surface area (Å²) >= 11 is 0. The summed E-state index contributed by atoms with van der Waals surface area (Å²) in [7, 11) is 0. The molecule has 2 N–H and O–H groups in total. The number of hydrogen-bond donors (Lipinski definition) is 1. The van der Waals surface area contributed by atoms with Crippen molar-refractivity contribution < 1.29 is 14.3 Å². The van der Waals surface area contributed by atoms with Gasteiger partial charge in [0, 0.05) is 18.2 Å². The number of nitrogens with zero attached hydrogens (tertiary/aromatic N) is 1. The van der Waals surface area contributed by atoms with Crippen molar-refractivity contribution in [2.45, 2.75) is 32.7 Å². The van der Waals surface area contributed by atoms with Crippen LogP contribution in [0.1, 0.15) is 26.0 Å². The highest BCUT2D eigenvalue weighted by molar-refractivity contribution is 5.71. The van der Waals surface area contributed by atoms with Gasteiger partial charge in [-0.1, -0.05) is 6.92 Å². The summed E-state index contributed by atoms with van der Waals surface area (Å²) in [6.45, 7) is 4.06. The highest BCUT2D eigenvalue weighted by Gasteiger charge is 2.05. The molecular weight excluding hydrogens is 232 g/mol. The summed E-state index contributed by atoms with van der Waals surface area (Å²) < 4.78 is 9.99. The first kappa shape index (κ1) is 14.4. The summed E-state index contributed by atoms with van der Waals surface area (Å²) in [5.74, 6) is 0.173. The topological polar surface area (TPSA) is 74.4 Å². The van der Waals surface area contributed by atoms with Crippen molar-refractivity contribution in [3.8, 4) is 5.75 Å². The standard InChI is InChI=1S/C13H20N2O3/c1-3-10(14)7-11-5-6-12(8-15-11)18-9-13(16)17-4-2/h5-6,8,10H,3-4,7,9,14H2,1-2H3. The molecule has 1 atom stereocenters. The first-order chi connectivity index (χ1) is 8.65. The Kier molecular flexibility index (Phi) is 6.14. The van der Waals surface area contributed by atoms with Crippen LogP contribution in [-0.2, 0) is 16.0 Å². The molecule has 0 saturated heterocycles. The zero-order valence-electron chi connectivity index (χ0n) is 10.9. The molecule has 1 heterocycles. The van der Waals surface area contributed by atoms with Crippen LogP contribution >= 0.6 is 0 Å². The molecule has 0 amide bonds. The SMILES string of the molecule is CCOC(=O)COc1ccc(CC(N)CC)nc1. The van der Waals surface area contributed by atoms with Gasteiger partial charge >= 0.3 is 5.97 Å². The molecule has 0 aliphatic carbocycles. The van der Waals surface area contributed by atoms with Gasteiger partial charge in [0.15, 0.2) is 6.61 Å². The summed E-state index contributed by atoms with van der Waals surface area (Å²) in [5.41, 5.74) is 6.77. The normalized spacial score (nSPS) is 11.9. The molecule has 18 heavy (non-hydrogen) atoms. The van der Waals surface area contributed by atoms with Gasteiger partial charge in [-0.15, -0.1) is 0 Å². The van der Waals surface area contributed by atoms with Gasteiger partial charge in [0.2, 0.25) is 0 Å². The van der Waals surface area contributed by atoms with Gasteiger partial charge in [0.05, 0.1) is 12.8 Å². The van der Waals surface area contributed by atoms with E-state index in [9.17, 15) is 4.79 Å². The molecule has 100 valence electrons. The third kappa shape index (κ3) is 5.14. The van der Waals surface area contributed by atoms with E-state index in [1.165, 1.54) is 0 Å². The molecule has 0 bridgehead atoms. The van der Waals surface area contributed by atoms with E-state index in [0.29, 0.717) is 12.4 Å². The minimum atomic E-state index is -0.380. The summed E-state index contributed by atoms with van der Waals surface area (Å²) in [6.07, 6.45) is 3.26. The average Bonchev–Trinajstić information content (AvgIpc) is 2.38. The molecule has 1 aromatic heterocycles. The molecule has 0 aromatic carbocycles. The Balaban J connectivity index is 2.42. The molecule has 1 unspecified atom stereocenters. The lowest BCUT2D eigenvalue weighted by Gasteiger charge is -2.09. The van der Waals surface area contributed by atoms with E-state index < -0.39 is 0 Å². The van der Waals surface area contributed by atoms with Crippen LogP contribution in [0.4, 0.5) is 0 Å². The minimum Gasteiger partial charge on any atom is -0.480 e. The zero-order chi connectivity index (χ0) is 13.4. The number of carbonyl (C=O) groups excluding carboxylic acids is 1. The molecule has 5 heteroatoms. The number of carbonyl (C=O) groups is 1. The summed E-state index contributed by atoms with van der Waals surface area (Å²) in [6, 6.07) is 3.77. The van der Waals surface area contributed by atoms with Crippen LogP contribution < -0.4 is 10.5 Å². The van der Waals surface area contributed by atoms with Gasteiger partial charge in [0.1, 0.15) is 5.75 Å². The number of esters is 1. The Morgan fingerprint density at radius 2 is 2.22 bits per heavy atom. The predicted molar refractivity (Wildman–Crippen MR) is 68.3 cm³/mol. The van der Waals surface area contributed by atoms with Crippen molar-refractivity contribution >= 4 is 5.97 Å². The van der Waals surface area contributed by atoms with Crippen LogP contribution in [0.2, 0.25) is 0 Å². The first-order valence-electron chi connectivity index (χ1n) is 6.14. The number of aromatic nitrogens is 1. The van der Waals surface area contributed by atoms with Crippen molar-refractivity contribution in [2.24, 2.45) is 5.73 Å². The van der Waals surface area contributed by atoms with E-state index in [4.69, 9.17) is 15.2 Å². The van der Waals surface area contributed by atoms with Gasteiger partial charge in [-0.05, 0) is 25.5 Å². The number of hydrogen-bond acceptors (Lipinski definition) is 5. The van der Waals surface area contributed by atoms with Crippen molar-refractivity contribution in [3.63, 3.8) is 0 Å². The maximum atomic E-state index is 11.1. The second-order valence-electron chi connectivity index (χ2n) is 3.95. The summed E-state index contributed by atoms with van der Waals surface area (Å²) in [4.78, 5) is 15.3. The van der Waals surface area contributed by atoms with Crippen LogP contribution in [0.5, 0.6) is 5.75 Å². The third-order valence-electron chi connectivity index (χ3n) is 2.46. The highest BCUT2D eigenvalue weighted by Crippen LogP contribution is 2.10. The molecule has 0 aliphatic heterocycles. The Bertz CT molecular complexity index is 365. The van der Waals surface area contributed by atoms with E-state index in [2.05, 4.69) is 4.98 Å². The van der Waals surface area contributed by atoms with Crippen LogP contribution in [0.15, 0.2) is 18.3 Å². The Morgan fingerprint density at radius 1 is 1.44 bits per heavy atom. The number of ether oxygens (including phenoxy) is 2. The second kappa shape index (κ2) is 7.66. The molecule has 0 spiro atoms. The molecular formula is C13H20N2O3. The van der Waals surface area contributed by atoms with E-state index in [-0.39, 0.29) is 18.6 Å². The van der Waals surface area contributed by atoms with Crippen molar-refractivity contribution in [1.29, 1.82) is 0 Å². The van der Waals surface area contributed by atoms with Gasteiger partial charge in [-0.3, -0.25) is 4.98 Å². The van der Waals surface area contributed by atoms with Gasteiger partial charge in [-0.2, -0.15) is 0 Å². The third-order valence-corrected chi connectivity index (χ3v) is 2.46. The average molecular weight is 252 g/mol. The number of rotatable bonds is 7. The lowest BCUT2D eigenvalue weighted by molar-refractivity contribution is -0.145. The Labute approximate surface area is 107 Å². The quantitative estimate of drug-likeness (QED) is 0.740. The van der Waals surface area contributed by atoms with Crippen LogP contribution in [0.3, 0.4) is 0 Å². The van der Waals surface area contributed by atoms with Gasteiger partial charge in [0.25, 0.3) is 0 Å². The van der Waals surface area contributed by atoms with Gasteiger partial charge in [-0.25, -0.2) is 4.79 Å². The fourth-order valence-electron chi connectivity index (χ4n) is 1.37. The largest absolute Gasteiger partial charge is 0.480 e. The molecule has 1 rings (SSSR count). The van der Waals surface area contributed by atoms with Gasteiger partial charge < -0.3 is 15.2 Å². The lowest BCUT2D eigenvalue weighted by Crippen LogP contribution is -2.21. The van der Waals surface area contributed by atoms with Crippen LogP contribution in [0, 0.1) is 0 Å². The minimum absolute atomic E-state index is 0.0939. The van der Waals surface area contributed by atoms with E-state index in [1.807, 2.05) is 13.0 Å². The van der Waals surface area contributed by atoms with Crippen molar-refractivity contribution in [3.05, 3.63) is 24.0 Å². The zero-order valence-corrected chi connectivity index (χ0v) is 10.9. The highest BCUT2D eigenvalue weighted by atomic mass is 16.6. The van der Waals surface area contributed by atoms with E-state index in [0.717, 1.165) is 18.5 Å². The van der Waals surface area contributed by atoms with Crippen molar-refractivity contribution in [1.82, 2.24) is 4.98 Å². The monoisotopic (exact) mass is 252 g/mol. The summed E-state index contributed by atoms with van der Waals surface area (Å²) in [5, 5.41) is 0. The fourth-order valence-corrected chi connectivity index (χ4v) is 1.37. The number of nitrogens with two attached hydrogens (primary N) is 1. The Hall–Kier alpha value is -1.62. The molecule has 0 fully saturated rings. The van der Waals surface area contributed by atoms with Crippen LogP contribution in [0.25, 0.3) is 0 Å². The Morgan fingerprint density at radius 3 is 2.78 bits per heavy atom. The molecule has 0 saturated carbocycles. The van der Waals surface area contributed by atoms with Crippen LogP contribution in [-0.4, -0.2) is 30.2 Å². The molecule has 0 radical (unpaired) electrons. The second-order valence-corrected chi connectivity index (χ2v) is 3.95. The molecule has 5 nitrogen and oxygen atoms in total. The molecule has 1 aromatic rings. The van der Waals surface area contributed by atoms with Crippen molar-refractivity contribution in [2.75, 3.05) is 13.2 Å². The predicted octanol–water partition coefficient (Wildman–Crippen LogP) is 1.30. The first-order valence-corrected chi connectivity index (χ1v) is 6.14. The molecule has 0 aliphatic rings. The number of pyridine rings is 1. The lowest BCUT2D eigenvalue weighted by atomic mass is 10.1.